The average Bonchev–Trinajstić information content (AvgIpc) is 2.99. The second kappa shape index (κ2) is 5.61. The molecule has 3 rings (SSSR count). The molecule has 19 heavy (non-hydrogen) atoms. The van der Waals surface area contributed by atoms with Crippen LogP contribution in [0.3, 0.4) is 0 Å². The molecule has 2 aliphatic heterocycles. The number of imidazole rings is 1. The van der Waals surface area contributed by atoms with Crippen molar-refractivity contribution in [1.82, 2.24) is 14.9 Å². The first kappa shape index (κ1) is 13.1. The molecule has 0 radical (unpaired) electrons. The third-order valence-corrected chi connectivity index (χ3v) is 4.29. The molecule has 1 spiro atoms. The van der Waals surface area contributed by atoms with Crippen LogP contribution >= 0.6 is 0 Å². The molecule has 0 aromatic carbocycles. The van der Waals surface area contributed by atoms with Crippen LogP contribution in [0.4, 0.5) is 0 Å². The van der Waals surface area contributed by atoms with Crippen LogP contribution in [0.15, 0.2) is 12.4 Å². The number of rotatable bonds is 4. The zero-order chi connectivity index (χ0) is 13.1. The lowest BCUT2D eigenvalue weighted by Gasteiger charge is -2.32. The number of hydrogen-bond acceptors (Lipinski definition) is 4. The zero-order valence-electron chi connectivity index (χ0n) is 11.6. The second-order valence-electron chi connectivity index (χ2n) is 5.65. The first-order chi connectivity index (χ1) is 9.27. The molecule has 0 bridgehead atoms. The Morgan fingerprint density at radius 3 is 3.11 bits per heavy atom. The molecular formula is C14H23N3O2. The average molecular weight is 265 g/mol. The fourth-order valence-electron chi connectivity index (χ4n) is 3.09. The number of aromatic nitrogens is 2. The summed E-state index contributed by atoms with van der Waals surface area (Å²) >= 11 is 0. The maximum atomic E-state index is 6.02. The highest BCUT2D eigenvalue weighted by Gasteiger charge is 2.41. The topological polar surface area (TPSA) is 48.3 Å². The Kier molecular flexibility index (Phi) is 3.86. The smallest absolute Gasteiger partial charge is 0.110 e. The highest BCUT2D eigenvalue weighted by Crippen LogP contribution is 2.35. The molecule has 5 nitrogen and oxygen atoms in total. The van der Waals surface area contributed by atoms with Crippen molar-refractivity contribution >= 4 is 0 Å². The van der Waals surface area contributed by atoms with Gasteiger partial charge in [-0.2, -0.15) is 0 Å². The zero-order valence-corrected chi connectivity index (χ0v) is 11.6. The summed E-state index contributed by atoms with van der Waals surface area (Å²) in [5.74, 6) is 1.08. The molecule has 3 heterocycles. The van der Waals surface area contributed by atoms with E-state index < -0.39 is 0 Å². The van der Waals surface area contributed by atoms with Crippen molar-refractivity contribution in [3.8, 4) is 0 Å². The highest BCUT2D eigenvalue weighted by molar-refractivity contribution is 4.94. The number of nitrogens with one attached hydrogen (secondary N) is 1. The molecule has 2 saturated heterocycles. The number of aryl methyl sites for hydroxylation is 1. The highest BCUT2D eigenvalue weighted by atomic mass is 16.6. The molecule has 1 aromatic heterocycles. The van der Waals surface area contributed by atoms with Gasteiger partial charge in [0.25, 0.3) is 0 Å². The van der Waals surface area contributed by atoms with Gasteiger partial charge in [-0.25, -0.2) is 4.98 Å². The van der Waals surface area contributed by atoms with Gasteiger partial charge in [-0.15, -0.1) is 0 Å². The van der Waals surface area contributed by atoms with Crippen LogP contribution in [0, 0.1) is 0 Å². The largest absolute Gasteiger partial charge is 0.375 e. The van der Waals surface area contributed by atoms with Gasteiger partial charge in [0.05, 0.1) is 24.9 Å². The van der Waals surface area contributed by atoms with Gasteiger partial charge >= 0.3 is 0 Å². The van der Waals surface area contributed by atoms with Crippen LogP contribution in [0.25, 0.3) is 0 Å². The van der Waals surface area contributed by atoms with E-state index in [1.54, 1.807) is 0 Å². The minimum Gasteiger partial charge on any atom is -0.375 e. The monoisotopic (exact) mass is 265 g/mol. The van der Waals surface area contributed by atoms with Crippen molar-refractivity contribution in [3.63, 3.8) is 0 Å². The Hall–Kier alpha value is -0.910. The molecule has 0 saturated carbocycles. The van der Waals surface area contributed by atoms with Gasteiger partial charge in [0.1, 0.15) is 5.82 Å². The Bertz CT molecular complexity index is 413. The van der Waals surface area contributed by atoms with E-state index in [0.717, 1.165) is 57.8 Å². The van der Waals surface area contributed by atoms with E-state index in [2.05, 4.69) is 10.3 Å². The molecule has 2 aliphatic rings. The predicted octanol–water partition coefficient (Wildman–Crippen LogP) is 0.890. The predicted molar refractivity (Wildman–Crippen MR) is 72.1 cm³/mol. The van der Waals surface area contributed by atoms with Crippen LogP contribution in [-0.4, -0.2) is 47.6 Å². The lowest BCUT2D eigenvalue weighted by atomic mass is 9.89. The van der Waals surface area contributed by atoms with E-state index in [9.17, 15) is 0 Å². The fraction of sp³-hybridized carbons (Fsp3) is 0.786. The minimum atomic E-state index is 0.0964. The Morgan fingerprint density at radius 2 is 2.37 bits per heavy atom. The lowest BCUT2D eigenvalue weighted by Crippen LogP contribution is -2.41. The lowest BCUT2D eigenvalue weighted by molar-refractivity contribution is -0.0232. The van der Waals surface area contributed by atoms with Crippen molar-refractivity contribution in [2.24, 2.45) is 7.05 Å². The molecule has 0 amide bonds. The van der Waals surface area contributed by atoms with Gasteiger partial charge in [-0.05, 0) is 25.9 Å². The summed E-state index contributed by atoms with van der Waals surface area (Å²) in [7, 11) is 2.02. The Labute approximate surface area is 114 Å². The SMILES string of the molecule is Cn1ccnc1CCOC1COC2(CCNCC2)C1. The standard InChI is InChI=1S/C14H23N3O2/c1-17-8-7-16-13(17)2-9-18-12-10-14(19-11-12)3-5-15-6-4-14/h7-8,12,15H,2-6,9-11H2,1H3. The number of nitrogens with zero attached hydrogens (tertiary/aromatic N) is 2. The van der Waals surface area contributed by atoms with E-state index in [1.165, 1.54) is 0 Å². The van der Waals surface area contributed by atoms with Crippen LogP contribution in [-0.2, 0) is 22.9 Å². The van der Waals surface area contributed by atoms with Gasteiger partial charge in [-0.1, -0.05) is 0 Å². The van der Waals surface area contributed by atoms with Gasteiger partial charge in [-0.3, -0.25) is 0 Å². The van der Waals surface area contributed by atoms with Gasteiger partial charge < -0.3 is 19.4 Å². The molecule has 1 aromatic rings. The van der Waals surface area contributed by atoms with Gasteiger partial charge in [0, 0.05) is 32.3 Å². The maximum Gasteiger partial charge on any atom is 0.110 e. The number of hydrogen-bond donors (Lipinski definition) is 1. The number of ether oxygens (including phenoxy) is 2. The molecule has 1 N–H and O–H groups in total. The molecule has 0 aliphatic carbocycles. The summed E-state index contributed by atoms with van der Waals surface area (Å²) in [6.45, 7) is 3.62. The second-order valence-corrected chi connectivity index (χ2v) is 5.65. The van der Waals surface area contributed by atoms with Crippen LogP contribution in [0.5, 0.6) is 0 Å². The molecule has 2 fully saturated rings. The first-order valence-electron chi connectivity index (χ1n) is 7.20. The van der Waals surface area contributed by atoms with Gasteiger partial charge in [0.15, 0.2) is 0 Å². The molecular weight excluding hydrogens is 242 g/mol. The van der Waals surface area contributed by atoms with Crippen molar-refractivity contribution in [2.75, 3.05) is 26.3 Å². The Balaban J connectivity index is 1.43. The van der Waals surface area contributed by atoms with E-state index >= 15 is 0 Å². The number of piperidine rings is 1. The quantitative estimate of drug-likeness (QED) is 0.878. The molecule has 1 atom stereocenters. The van der Waals surface area contributed by atoms with Crippen molar-refractivity contribution in [3.05, 3.63) is 18.2 Å². The van der Waals surface area contributed by atoms with E-state index in [4.69, 9.17) is 9.47 Å². The summed E-state index contributed by atoms with van der Waals surface area (Å²) < 4.78 is 14.0. The van der Waals surface area contributed by atoms with E-state index in [-0.39, 0.29) is 11.7 Å². The van der Waals surface area contributed by atoms with Crippen molar-refractivity contribution in [2.45, 2.75) is 37.4 Å². The van der Waals surface area contributed by atoms with Gasteiger partial charge in [0.2, 0.25) is 0 Å². The Morgan fingerprint density at radius 1 is 1.53 bits per heavy atom. The molecule has 1 unspecified atom stereocenters. The first-order valence-corrected chi connectivity index (χ1v) is 7.20. The third kappa shape index (κ3) is 2.99. The summed E-state index contributed by atoms with van der Waals surface area (Å²) in [5.41, 5.74) is 0.0964. The third-order valence-electron chi connectivity index (χ3n) is 4.29. The minimum absolute atomic E-state index is 0.0964. The van der Waals surface area contributed by atoms with E-state index in [1.807, 2.05) is 24.0 Å². The maximum absolute atomic E-state index is 6.02. The van der Waals surface area contributed by atoms with Crippen molar-refractivity contribution < 1.29 is 9.47 Å². The summed E-state index contributed by atoms with van der Waals surface area (Å²) in [4.78, 5) is 4.31. The van der Waals surface area contributed by atoms with Crippen LogP contribution < -0.4 is 5.32 Å². The fourth-order valence-corrected chi connectivity index (χ4v) is 3.09. The summed E-state index contributed by atoms with van der Waals surface area (Å²) in [6, 6.07) is 0. The van der Waals surface area contributed by atoms with Crippen molar-refractivity contribution in [1.29, 1.82) is 0 Å². The summed E-state index contributed by atoms with van der Waals surface area (Å²) in [5, 5.41) is 3.39. The summed E-state index contributed by atoms with van der Waals surface area (Å²) in [6.07, 6.45) is 8.22. The van der Waals surface area contributed by atoms with Crippen LogP contribution in [0.2, 0.25) is 0 Å². The van der Waals surface area contributed by atoms with Crippen LogP contribution in [0.1, 0.15) is 25.1 Å². The molecule has 106 valence electrons. The van der Waals surface area contributed by atoms with E-state index in [0.29, 0.717) is 0 Å². The normalized spacial score (nSPS) is 26.1. The molecule has 5 heteroatoms.